The number of piperidine rings is 1. The number of fused-ring (bicyclic) bond motifs is 1. The predicted octanol–water partition coefficient (Wildman–Crippen LogP) is 6.80. The summed E-state index contributed by atoms with van der Waals surface area (Å²) in [7, 11) is 0. The third-order valence-corrected chi connectivity index (χ3v) is 6.77. The standard InChI is InChI=1S/C29H27F4N3O2/c30-21-11-12-26-25(16-21)27(35-22-8-1-7-20(15-22)29(31,32)33)28(37)36(26)23-9-2-10-24(17-23)38-14-4-6-19-5-3-13-34-18-19/h1-2,7-12,15-17,19,34H,3-6,13-14,18H2. The fourth-order valence-corrected chi connectivity index (χ4v) is 4.91. The van der Waals surface area contributed by atoms with E-state index in [9.17, 15) is 22.4 Å². The van der Waals surface area contributed by atoms with Crippen molar-refractivity contribution in [3.8, 4) is 5.75 Å². The molecule has 3 aromatic carbocycles. The number of nitrogens with one attached hydrogen (secondary N) is 1. The van der Waals surface area contributed by atoms with E-state index >= 15 is 0 Å². The SMILES string of the molecule is O=C1C(=Nc2cccc(C(F)(F)F)c2)c2cc(F)ccc2N1c1cccc(OCCCC2CCCNC2)c1. The summed E-state index contributed by atoms with van der Waals surface area (Å²) in [5.74, 6) is 0.0988. The van der Waals surface area contributed by atoms with Crippen LogP contribution in [-0.2, 0) is 11.0 Å². The lowest BCUT2D eigenvalue weighted by Crippen LogP contribution is -2.29. The van der Waals surface area contributed by atoms with Crippen LogP contribution in [-0.4, -0.2) is 31.3 Å². The molecule has 0 aliphatic carbocycles. The minimum atomic E-state index is -4.56. The normalized spacial score (nSPS) is 18.6. The highest BCUT2D eigenvalue weighted by Gasteiger charge is 2.36. The van der Waals surface area contributed by atoms with Crippen molar-refractivity contribution in [1.29, 1.82) is 0 Å². The van der Waals surface area contributed by atoms with Crippen LogP contribution in [0.3, 0.4) is 0 Å². The minimum Gasteiger partial charge on any atom is -0.494 e. The van der Waals surface area contributed by atoms with Crippen LogP contribution in [0.4, 0.5) is 34.6 Å². The second-order valence-electron chi connectivity index (χ2n) is 9.51. The van der Waals surface area contributed by atoms with Gasteiger partial charge in [0.15, 0.2) is 0 Å². The molecule has 5 nitrogen and oxygen atoms in total. The predicted molar refractivity (Wildman–Crippen MR) is 138 cm³/mol. The molecular formula is C29H27F4N3O2. The lowest BCUT2D eigenvalue weighted by atomic mass is 9.95. The van der Waals surface area contributed by atoms with Crippen molar-refractivity contribution in [3.05, 3.63) is 83.7 Å². The summed E-state index contributed by atoms with van der Waals surface area (Å²) in [6.07, 6.45) is -0.147. The van der Waals surface area contributed by atoms with Gasteiger partial charge in [-0.1, -0.05) is 12.1 Å². The number of rotatable bonds is 7. The number of hydrogen-bond acceptors (Lipinski definition) is 4. The number of nitrogens with zero attached hydrogens (tertiary/aromatic N) is 2. The Morgan fingerprint density at radius 1 is 1.05 bits per heavy atom. The van der Waals surface area contributed by atoms with Gasteiger partial charge >= 0.3 is 6.18 Å². The molecule has 1 atom stereocenters. The number of benzene rings is 3. The van der Waals surface area contributed by atoms with E-state index in [2.05, 4.69) is 10.3 Å². The maximum Gasteiger partial charge on any atom is 0.416 e. The first-order chi connectivity index (χ1) is 18.3. The fourth-order valence-electron chi connectivity index (χ4n) is 4.91. The zero-order chi connectivity index (χ0) is 26.7. The Morgan fingerprint density at radius 2 is 1.89 bits per heavy atom. The van der Waals surface area contributed by atoms with Gasteiger partial charge in [-0.05, 0) is 93.2 Å². The van der Waals surface area contributed by atoms with Crippen molar-refractivity contribution in [2.24, 2.45) is 10.9 Å². The molecule has 2 aliphatic heterocycles. The molecule has 0 spiro atoms. The summed E-state index contributed by atoms with van der Waals surface area (Å²) < 4.78 is 59.7. The van der Waals surface area contributed by atoms with Gasteiger partial charge in [-0.3, -0.25) is 9.69 Å². The highest BCUT2D eigenvalue weighted by molar-refractivity contribution is 6.56. The average molecular weight is 526 g/mol. The van der Waals surface area contributed by atoms with Gasteiger partial charge < -0.3 is 10.1 Å². The third kappa shape index (κ3) is 5.72. The molecule has 0 saturated carbocycles. The molecule has 38 heavy (non-hydrogen) atoms. The maximum absolute atomic E-state index is 14.2. The first kappa shape index (κ1) is 25.9. The molecule has 0 radical (unpaired) electrons. The van der Waals surface area contributed by atoms with E-state index in [0.29, 0.717) is 29.6 Å². The summed E-state index contributed by atoms with van der Waals surface area (Å²) in [5, 5.41) is 3.41. The monoisotopic (exact) mass is 525 g/mol. The number of carbonyl (C=O) groups excluding carboxylic acids is 1. The summed E-state index contributed by atoms with van der Waals surface area (Å²) in [6, 6.07) is 15.2. The Morgan fingerprint density at radius 3 is 2.68 bits per heavy atom. The average Bonchev–Trinajstić information content (AvgIpc) is 3.17. The van der Waals surface area contributed by atoms with Gasteiger partial charge in [0.1, 0.15) is 17.3 Å². The van der Waals surface area contributed by atoms with Crippen LogP contribution in [0.15, 0.2) is 71.7 Å². The van der Waals surface area contributed by atoms with Crippen molar-refractivity contribution in [3.63, 3.8) is 0 Å². The number of aliphatic imine (C=N–C) groups is 1. The Hall–Kier alpha value is -3.72. The molecule has 2 heterocycles. The number of carbonyl (C=O) groups is 1. The lowest BCUT2D eigenvalue weighted by molar-refractivity contribution is -0.137. The second kappa shape index (κ2) is 10.9. The number of hydrogen-bond donors (Lipinski definition) is 1. The summed E-state index contributed by atoms with van der Waals surface area (Å²) >= 11 is 0. The topological polar surface area (TPSA) is 53.9 Å². The van der Waals surface area contributed by atoms with E-state index < -0.39 is 23.5 Å². The molecule has 0 aromatic heterocycles. The van der Waals surface area contributed by atoms with Crippen LogP contribution in [0.25, 0.3) is 0 Å². The van der Waals surface area contributed by atoms with E-state index in [0.717, 1.165) is 38.1 Å². The number of alkyl halides is 3. The van der Waals surface area contributed by atoms with Gasteiger partial charge in [0.2, 0.25) is 0 Å². The molecule has 2 aliphatic rings. The van der Waals surface area contributed by atoms with Gasteiger partial charge in [0.05, 0.1) is 29.2 Å². The van der Waals surface area contributed by atoms with Crippen LogP contribution < -0.4 is 15.0 Å². The quantitative estimate of drug-likeness (QED) is 0.273. The van der Waals surface area contributed by atoms with Crippen molar-refractivity contribution in [1.82, 2.24) is 5.32 Å². The molecule has 0 bridgehead atoms. The van der Waals surface area contributed by atoms with E-state index in [4.69, 9.17) is 4.74 Å². The second-order valence-corrected chi connectivity index (χ2v) is 9.51. The van der Waals surface area contributed by atoms with E-state index in [1.54, 1.807) is 24.3 Å². The van der Waals surface area contributed by atoms with Crippen molar-refractivity contribution in [2.45, 2.75) is 31.9 Å². The Kier molecular flexibility index (Phi) is 7.46. The van der Waals surface area contributed by atoms with Crippen LogP contribution in [0.1, 0.15) is 36.8 Å². The van der Waals surface area contributed by atoms with Gasteiger partial charge in [-0.2, -0.15) is 13.2 Å². The van der Waals surface area contributed by atoms with E-state index in [-0.39, 0.29) is 17.0 Å². The summed E-state index contributed by atoms with van der Waals surface area (Å²) in [6.45, 7) is 2.66. The van der Waals surface area contributed by atoms with Crippen molar-refractivity contribution < 1.29 is 27.1 Å². The van der Waals surface area contributed by atoms with Crippen LogP contribution in [0, 0.1) is 11.7 Å². The smallest absolute Gasteiger partial charge is 0.416 e. The molecule has 9 heteroatoms. The van der Waals surface area contributed by atoms with Gasteiger partial charge in [0.25, 0.3) is 5.91 Å². The molecule has 1 unspecified atom stereocenters. The zero-order valence-corrected chi connectivity index (χ0v) is 20.6. The first-order valence-corrected chi connectivity index (χ1v) is 12.6. The molecule has 1 fully saturated rings. The molecule has 1 saturated heterocycles. The Labute approximate surface area is 218 Å². The number of halogens is 4. The summed E-state index contributed by atoms with van der Waals surface area (Å²) in [4.78, 5) is 19.1. The molecule has 1 N–H and O–H groups in total. The van der Waals surface area contributed by atoms with Gasteiger partial charge in [-0.15, -0.1) is 0 Å². The zero-order valence-electron chi connectivity index (χ0n) is 20.6. The molecule has 5 rings (SSSR count). The highest BCUT2D eigenvalue weighted by atomic mass is 19.4. The van der Waals surface area contributed by atoms with Gasteiger partial charge in [0, 0.05) is 11.6 Å². The Bertz CT molecular complexity index is 1350. The lowest BCUT2D eigenvalue weighted by Gasteiger charge is -2.22. The minimum absolute atomic E-state index is 0.0505. The largest absolute Gasteiger partial charge is 0.494 e. The number of ether oxygens (including phenoxy) is 1. The molecule has 1 amide bonds. The van der Waals surface area contributed by atoms with E-state index in [1.165, 1.54) is 48.1 Å². The number of amides is 1. The molecular weight excluding hydrogens is 498 g/mol. The Balaban J connectivity index is 1.38. The first-order valence-electron chi connectivity index (χ1n) is 12.6. The van der Waals surface area contributed by atoms with Crippen LogP contribution >= 0.6 is 0 Å². The van der Waals surface area contributed by atoms with Crippen LogP contribution in [0.2, 0.25) is 0 Å². The third-order valence-electron chi connectivity index (χ3n) is 6.77. The molecule has 3 aromatic rings. The fraction of sp³-hybridized carbons (Fsp3) is 0.310. The summed E-state index contributed by atoms with van der Waals surface area (Å²) in [5.41, 5.74) is 0.0254. The van der Waals surface area contributed by atoms with Crippen molar-refractivity contribution >= 4 is 28.7 Å². The molecule has 198 valence electrons. The van der Waals surface area contributed by atoms with Crippen molar-refractivity contribution in [2.75, 3.05) is 24.6 Å². The highest BCUT2D eigenvalue weighted by Crippen LogP contribution is 2.39. The van der Waals surface area contributed by atoms with Crippen LogP contribution in [0.5, 0.6) is 5.75 Å². The number of anilines is 2. The van der Waals surface area contributed by atoms with Gasteiger partial charge in [-0.25, -0.2) is 9.38 Å². The van der Waals surface area contributed by atoms with E-state index in [1.807, 2.05) is 0 Å². The maximum atomic E-state index is 14.2.